The molecule has 2 aliphatic heterocycles. The zero-order valence-corrected chi connectivity index (χ0v) is 18.1. The molecule has 0 radical (unpaired) electrons. The minimum absolute atomic E-state index is 0.0153. The Kier molecular flexibility index (Phi) is 5.11. The highest BCUT2D eigenvalue weighted by atomic mass is 32.1. The predicted octanol–water partition coefficient (Wildman–Crippen LogP) is 3.77. The van der Waals surface area contributed by atoms with Crippen LogP contribution < -0.4 is 10.1 Å². The Bertz CT molecular complexity index is 968. The minimum Gasteiger partial charge on any atom is -0.486 e. The Balaban J connectivity index is 1.17. The molecule has 0 saturated carbocycles. The number of fused-ring (bicyclic) bond motifs is 2. The highest BCUT2D eigenvalue weighted by Gasteiger charge is 2.43. The van der Waals surface area contributed by atoms with Gasteiger partial charge in [0.25, 0.3) is 0 Å². The molecule has 0 unspecified atom stereocenters. The number of benzene rings is 1. The van der Waals surface area contributed by atoms with Crippen molar-refractivity contribution in [3.05, 3.63) is 39.9 Å². The number of rotatable bonds is 3. The first-order chi connectivity index (χ1) is 14.5. The molecule has 7 heteroatoms. The fourth-order valence-corrected chi connectivity index (χ4v) is 5.84. The van der Waals surface area contributed by atoms with Gasteiger partial charge < -0.3 is 10.1 Å². The third-order valence-corrected chi connectivity index (χ3v) is 7.54. The minimum atomic E-state index is -0.430. The van der Waals surface area contributed by atoms with Crippen LogP contribution in [0.5, 0.6) is 5.75 Å². The van der Waals surface area contributed by atoms with Gasteiger partial charge in [-0.3, -0.25) is 14.5 Å². The van der Waals surface area contributed by atoms with Crippen LogP contribution in [0.4, 0.5) is 5.13 Å². The average molecular weight is 426 g/mol. The number of piperidine rings is 1. The van der Waals surface area contributed by atoms with E-state index in [0.29, 0.717) is 24.3 Å². The van der Waals surface area contributed by atoms with E-state index in [1.165, 1.54) is 17.7 Å². The second-order valence-corrected chi connectivity index (χ2v) is 9.89. The largest absolute Gasteiger partial charge is 0.486 e. The van der Waals surface area contributed by atoms with Crippen molar-refractivity contribution in [2.75, 3.05) is 25.0 Å². The number of aromatic nitrogens is 1. The summed E-state index contributed by atoms with van der Waals surface area (Å²) in [4.78, 5) is 33.3. The molecule has 3 aliphatic rings. The van der Waals surface area contributed by atoms with Gasteiger partial charge >= 0.3 is 0 Å². The quantitative estimate of drug-likeness (QED) is 0.811. The molecule has 30 heavy (non-hydrogen) atoms. The van der Waals surface area contributed by atoms with Crippen LogP contribution in [-0.2, 0) is 17.6 Å². The van der Waals surface area contributed by atoms with E-state index in [2.05, 4.69) is 15.2 Å². The average Bonchev–Trinajstić information content (AvgIpc) is 3.13. The van der Waals surface area contributed by atoms with Gasteiger partial charge in [0, 0.05) is 30.8 Å². The number of carbonyl (C=O) groups is 2. The molecule has 1 aromatic heterocycles. The van der Waals surface area contributed by atoms with E-state index in [9.17, 15) is 9.59 Å². The number of hydrogen-bond acceptors (Lipinski definition) is 6. The number of ether oxygens (including phenoxy) is 1. The summed E-state index contributed by atoms with van der Waals surface area (Å²) in [5, 5.41) is 3.71. The third-order valence-electron chi connectivity index (χ3n) is 6.47. The summed E-state index contributed by atoms with van der Waals surface area (Å²) in [6.45, 7) is 3.83. The van der Waals surface area contributed by atoms with E-state index in [0.717, 1.165) is 55.2 Å². The fourth-order valence-electron chi connectivity index (χ4n) is 4.77. The predicted molar refractivity (Wildman–Crippen MR) is 117 cm³/mol. The van der Waals surface area contributed by atoms with E-state index in [1.807, 2.05) is 25.1 Å². The van der Waals surface area contributed by atoms with Gasteiger partial charge in [0.1, 0.15) is 11.4 Å². The van der Waals surface area contributed by atoms with Crippen molar-refractivity contribution in [3.63, 3.8) is 0 Å². The highest BCUT2D eigenvalue weighted by Crippen LogP contribution is 2.39. The molecule has 158 valence electrons. The number of hydrogen-bond donors (Lipinski definition) is 1. The van der Waals surface area contributed by atoms with Gasteiger partial charge in [-0.25, -0.2) is 4.98 Å². The normalized spacial score (nSPS) is 20.4. The van der Waals surface area contributed by atoms with Crippen molar-refractivity contribution in [1.82, 2.24) is 9.88 Å². The van der Waals surface area contributed by atoms with E-state index < -0.39 is 5.60 Å². The number of aryl methyl sites for hydroxylation is 3. The summed E-state index contributed by atoms with van der Waals surface area (Å²) in [5.74, 6) is 0.855. The Morgan fingerprint density at radius 2 is 2.07 bits per heavy atom. The van der Waals surface area contributed by atoms with Gasteiger partial charge in [-0.05, 0) is 44.7 Å². The SMILES string of the molecule is Cc1ccc2c(c1)C(=O)CC1(CCN(CC(=O)Nc3nc4c(s3)CCCC4)CC1)O2. The molecule has 5 rings (SSSR count). The highest BCUT2D eigenvalue weighted by molar-refractivity contribution is 7.15. The molecule has 1 aliphatic carbocycles. The molecule has 0 bridgehead atoms. The summed E-state index contributed by atoms with van der Waals surface area (Å²) in [6, 6.07) is 5.82. The molecule has 1 spiro atoms. The molecular weight excluding hydrogens is 398 g/mol. The van der Waals surface area contributed by atoms with Gasteiger partial charge in [-0.1, -0.05) is 11.6 Å². The Morgan fingerprint density at radius 1 is 1.27 bits per heavy atom. The molecule has 6 nitrogen and oxygen atoms in total. The van der Waals surface area contributed by atoms with Crippen molar-refractivity contribution in [2.45, 2.75) is 57.5 Å². The summed E-state index contributed by atoms with van der Waals surface area (Å²) in [5.41, 5.74) is 2.51. The molecule has 1 aromatic carbocycles. The molecular formula is C23H27N3O3S. The van der Waals surface area contributed by atoms with Gasteiger partial charge in [0.15, 0.2) is 10.9 Å². The second-order valence-electron chi connectivity index (χ2n) is 8.80. The number of Topliss-reactive ketones (excluding diaryl/α,β-unsaturated/α-hetero) is 1. The lowest BCUT2D eigenvalue weighted by Crippen LogP contribution is -2.52. The maximum absolute atomic E-state index is 12.7. The smallest absolute Gasteiger partial charge is 0.240 e. The number of ketones is 1. The van der Waals surface area contributed by atoms with E-state index >= 15 is 0 Å². The lowest BCUT2D eigenvalue weighted by Gasteiger charge is -2.43. The first-order valence-corrected chi connectivity index (χ1v) is 11.7. The van der Waals surface area contributed by atoms with E-state index in [4.69, 9.17) is 4.74 Å². The standard InChI is InChI=1S/C23H27N3O3S/c1-15-6-7-19-16(12-15)18(27)13-23(29-19)8-10-26(11-9-23)14-21(28)25-22-24-17-4-2-3-5-20(17)30-22/h6-7,12H,2-5,8-11,13-14H2,1H3,(H,24,25,28). The monoisotopic (exact) mass is 425 g/mol. The van der Waals surface area contributed by atoms with Crippen molar-refractivity contribution in [3.8, 4) is 5.75 Å². The maximum atomic E-state index is 12.7. The number of nitrogens with zero attached hydrogens (tertiary/aromatic N) is 2. The van der Waals surface area contributed by atoms with Crippen LogP contribution in [-0.4, -0.2) is 46.8 Å². The zero-order valence-electron chi connectivity index (χ0n) is 17.3. The van der Waals surface area contributed by atoms with Crippen molar-refractivity contribution in [1.29, 1.82) is 0 Å². The van der Waals surface area contributed by atoms with Gasteiger partial charge in [0.05, 0.1) is 24.2 Å². The van der Waals surface area contributed by atoms with Crippen LogP contribution in [0.15, 0.2) is 18.2 Å². The summed E-state index contributed by atoms with van der Waals surface area (Å²) in [6.07, 6.45) is 6.45. The van der Waals surface area contributed by atoms with E-state index in [-0.39, 0.29) is 11.7 Å². The van der Waals surface area contributed by atoms with Gasteiger partial charge in [-0.2, -0.15) is 0 Å². The summed E-state index contributed by atoms with van der Waals surface area (Å²) in [7, 11) is 0. The Morgan fingerprint density at radius 3 is 2.87 bits per heavy atom. The molecule has 0 atom stereocenters. The fraction of sp³-hybridized carbons (Fsp3) is 0.522. The maximum Gasteiger partial charge on any atom is 0.240 e. The van der Waals surface area contributed by atoms with Crippen LogP contribution in [0.3, 0.4) is 0 Å². The molecule has 1 saturated heterocycles. The molecule has 1 fully saturated rings. The van der Waals surface area contributed by atoms with Crippen molar-refractivity contribution >= 4 is 28.2 Å². The number of nitrogens with one attached hydrogen (secondary N) is 1. The lowest BCUT2D eigenvalue weighted by molar-refractivity contribution is -0.118. The van der Waals surface area contributed by atoms with Gasteiger partial charge in [-0.15, -0.1) is 11.3 Å². The zero-order chi connectivity index (χ0) is 20.7. The lowest BCUT2D eigenvalue weighted by atomic mass is 9.82. The Hall–Kier alpha value is -2.25. The first-order valence-electron chi connectivity index (χ1n) is 10.8. The Labute approximate surface area is 180 Å². The van der Waals surface area contributed by atoms with Crippen LogP contribution in [0.1, 0.15) is 58.6 Å². The van der Waals surface area contributed by atoms with Crippen molar-refractivity contribution in [2.24, 2.45) is 0 Å². The number of anilines is 1. The van der Waals surface area contributed by atoms with Crippen LogP contribution in [0, 0.1) is 6.92 Å². The molecule has 3 heterocycles. The number of likely N-dealkylation sites (tertiary alicyclic amines) is 1. The second kappa shape index (κ2) is 7.78. The number of thiazole rings is 1. The third kappa shape index (κ3) is 3.88. The van der Waals surface area contributed by atoms with Crippen molar-refractivity contribution < 1.29 is 14.3 Å². The van der Waals surface area contributed by atoms with Gasteiger partial charge in [0.2, 0.25) is 5.91 Å². The molecule has 1 N–H and O–H groups in total. The number of amides is 1. The molecule has 2 aromatic rings. The summed E-state index contributed by atoms with van der Waals surface area (Å²) >= 11 is 1.62. The van der Waals surface area contributed by atoms with Crippen LogP contribution >= 0.6 is 11.3 Å². The topological polar surface area (TPSA) is 71.5 Å². The summed E-state index contributed by atoms with van der Waals surface area (Å²) < 4.78 is 6.32. The van der Waals surface area contributed by atoms with Crippen LogP contribution in [0.2, 0.25) is 0 Å². The number of carbonyl (C=O) groups excluding carboxylic acids is 2. The van der Waals surface area contributed by atoms with E-state index in [1.54, 1.807) is 11.3 Å². The van der Waals surface area contributed by atoms with Crippen LogP contribution in [0.25, 0.3) is 0 Å². The molecule has 1 amide bonds. The first kappa shape index (κ1) is 19.7.